The fourth-order valence-electron chi connectivity index (χ4n) is 7.93. The molecule has 3 aromatic carbocycles. The second kappa shape index (κ2) is 11.6. The Balaban J connectivity index is 1.81. The first kappa shape index (κ1) is 31.9. The standard InChI is InChI=1S/C35H34FN3O8/c1-5-45-28(40)27-33(22-16-11-12-19-25(22)37-29(33)41)35(38(4)34(27,31(43)46-6-2)32(44)47-7-3)23-17-13-18-24(36)26(23)39(30(35)42)20-21-14-9-8-10-15-21/h8-19,27H,5-7,20H2,1-4H3,(H,37,41). The van der Waals surface area contributed by atoms with Gasteiger partial charge in [0, 0.05) is 11.3 Å². The van der Waals surface area contributed by atoms with Gasteiger partial charge >= 0.3 is 17.9 Å². The van der Waals surface area contributed by atoms with Crippen LogP contribution in [0.1, 0.15) is 37.5 Å². The maximum absolute atomic E-state index is 16.2. The lowest BCUT2D eigenvalue weighted by Gasteiger charge is -2.43. The maximum Gasteiger partial charge on any atom is 0.339 e. The van der Waals surface area contributed by atoms with Crippen molar-refractivity contribution in [2.45, 2.75) is 43.8 Å². The molecule has 3 atom stereocenters. The molecule has 6 rings (SSSR count). The Morgan fingerprint density at radius 2 is 1.40 bits per heavy atom. The van der Waals surface area contributed by atoms with Gasteiger partial charge in [0.05, 0.1) is 32.1 Å². The Hall–Kier alpha value is -5.10. The van der Waals surface area contributed by atoms with Crippen LogP contribution in [0, 0.1) is 11.7 Å². The number of rotatable bonds is 8. The molecule has 3 aliphatic heterocycles. The van der Waals surface area contributed by atoms with E-state index >= 15 is 9.18 Å². The minimum absolute atomic E-state index is 0.0162. The molecule has 1 saturated heterocycles. The lowest BCUT2D eigenvalue weighted by atomic mass is 9.57. The number of halogens is 1. The van der Waals surface area contributed by atoms with Gasteiger partial charge in [-0.2, -0.15) is 0 Å². The Morgan fingerprint density at radius 1 is 0.809 bits per heavy atom. The lowest BCUT2D eigenvalue weighted by molar-refractivity contribution is -0.183. The van der Waals surface area contributed by atoms with Crippen LogP contribution >= 0.6 is 0 Å². The molecule has 0 aliphatic carbocycles. The number of anilines is 2. The van der Waals surface area contributed by atoms with Gasteiger partial charge in [0.25, 0.3) is 5.91 Å². The average molecular weight is 644 g/mol. The SMILES string of the molecule is CCOC(=O)C1C(C(=O)OCC)(C(=O)OCC)N(C)C2(C(=O)N(Cc3ccccc3)c3c(F)cccc32)C12C(=O)Nc1ccccc12. The zero-order chi connectivity index (χ0) is 33.7. The van der Waals surface area contributed by atoms with Crippen LogP contribution in [0.15, 0.2) is 72.8 Å². The number of para-hydroxylation sites is 2. The molecule has 3 heterocycles. The minimum atomic E-state index is -2.74. The quantitative estimate of drug-likeness (QED) is 0.223. The van der Waals surface area contributed by atoms with Gasteiger partial charge < -0.3 is 24.4 Å². The lowest BCUT2D eigenvalue weighted by Crippen LogP contribution is -2.65. The predicted octanol–water partition coefficient (Wildman–Crippen LogP) is 3.45. The number of likely N-dealkylation sites (N-methyl/N-ethyl adjacent to an activating group) is 1. The van der Waals surface area contributed by atoms with Gasteiger partial charge in [-0.05, 0) is 51.1 Å². The monoisotopic (exact) mass is 643 g/mol. The summed E-state index contributed by atoms with van der Waals surface area (Å²) in [5.41, 5.74) is -6.61. The van der Waals surface area contributed by atoms with Gasteiger partial charge in [0.2, 0.25) is 11.4 Å². The number of amides is 2. The normalized spacial score (nSPS) is 23.9. The topological polar surface area (TPSA) is 132 Å². The molecule has 3 aliphatic rings. The molecule has 3 aromatic rings. The highest BCUT2D eigenvalue weighted by molar-refractivity contribution is 6.24. The third-order valence-corrected chi connectivity index (χ3v) is 9.49. The third-order valence-electron chi connectivity index (χ3n) is 9.49. The van der Waals surface area contributed by atoms with Crippen LogP contribution < -0.4 is 10.2 Å². The van der Waals surface area contributed by atoms with Crippen LogP contribution in [-0.2, 0) is 55.7 Å². The van der Waals surface area contributed by atoms with E-state index in [9.17, 15) is 19.2 Å². The third kappa shape index (κ3) is 3.90. The van der Waals surface area contributed by atoms with Crippen molar-refractivity contribution in [3.05, 3.63) is 95.3 Å². The molecule has 12 heteroatoms. The number of hydrogen-bond donors (Lipinski definition) is 1. The van der Waals surface area contributed by atoms with E-state index in [1.165, 1.54) is 50.9 Å². The summed E-state index contributed by atoms with van der Waals surface area (Å²) in [4.78, 5) is 76.2. The van der Waals surface area contributed by atoms with Crippen LogP contribution in [0.2, 0.25) is 0 Å². The molecular formula is C35H34FN3O8. The van der Waals surface area contributed by atoms with E-state index < -0.39 is 58.0 Å². The molecular weight excluding hydrogens is 609 g/mol. The van der Waals surface area contributed by atoms with E-state index in [-0.39, 0.29) is 48.9 Å². The largest absolute Gasteiger partial charge is 0.466 e. The number of ether oxygens (including phenoxy) is 3. The van der Waals surface area contributed by atoms with E-state index in [1.807, 2.05) is 0 Å². The Kier molecular flexibility index (Phi) is 7.87. The minimum Gasteiger partial charge on any atom is -0.466 e. The van der Waals surface area contributed by atoms with Gasteiger partial charge in [-0.15, -0.1) is 0 Å². The highest BCUT2D eigenvalue weighted by Gasteiger charge is 2.89. The maximum atomic E-state index is 16.2. The highest BCUT2D eigenvalue weighted by atomic mass is 19.1. The van der Waals surface area contributed by atoms with Crippen LogP contribution in [0.25, 0.3) is 0 Å². The fourth-order valence-corrected chi connectivity index (χ4v) is 7.93. The summed E-state index contributed by atoms with van der Waals surface area (Å²) in [6, 6.07) is 19.3. The summed E-state index contributed by atoms with van der Waals surface area (Å²) in [7, 11) is 1.29. The molecule has 11 nitrogen and oxygen atoms in total. The van der Waals surface area contributed by atoms with Crippen molar-refractivity contribution < 1.29 is 42.6 Å². The molecule has 0 radical (unpaired) electrons. The Morgan fingerprint density at radius 3 is 2.04 bits per heavy atom. The predicted molar refractivity (Wildman–Crippen MR) is 166 cm³/mol. The van der Waals surface area contributed by atoms with Gasteiger partial charge in [-0.1, -0.05) is 60.7 Å². The molecule has 0 aromatic heterocycles. The van der Waals surface area contributed by atoms with E-state index in [4.69, 9.17) is 14.2 Å². The number of fused-ring (bicyclic) bond motifs is 5. The first-order valence-corrected chi connectivity index (χ1v) is 15.4. The first-order chi connectivity index (χ1) is 22.6. The summed E-state index contributed by atoms with van der Waals surface area (Å²) in [6.45, 7) is 3.81. The smallest absolute Gasteiger partial charge is 0.339 e. The van der Waals surface area contributed by atoms with Crippen molar-refractivity contribution in [3.8, 4) is 0 Å². The molecule has 47 heavy (non-hydrogen) atoms. The molecule has 244 valence electrons. The zero-order valence-electron chi connectivity index (χ0n) is 26.4. The van der Waals surface area contributed by atoms with E-state index in [2.05, 4.69) is 5.32 Å². The van der Waals surface area contributed by atoms with Gasteiger partial charge in [-0.25, -0.2) is 14.0 Å². The molecule has 0 bridgehead atoms. The summed E-state index contributed by atoms with van der Waals surface area (Å²) < 4.78 is 32.7. The van der Waals surface area contributed by atoms with E-state index in [0.29, 0.717) is 5.56 Å². The number of esters is 3. The van der Waals surface area contributed by atoms with Crippen LogP contribution in [0.5, 0.6) is 0 Å². The van der Waals surface area contributed by atoms with E-state index in [1.54, 1.807) is 54.6 Å². The van der Waals surface area contributed by atoms with Crippen molar-refractivity contribution in [1.29, 1.82) is 0 Å². The summed E-state index contributed by atoms with van der Waals surface area (Å²) >= 11 is 0. The summed E-state index contributed by atoms with van der Waals surface area (Å²) in [5.74, 6) is -8.06. The van der Waals surface area contributed by atoms with Crippen LogP contribution in [-0.4, -0.2) is 67.0 Å². The van der Waals surface area contributed by atoms with Crippen LogP contribution in [0.4, 0.5) is 15.8 Å². The second-order valence-corrected chi connectivity index (χ2v) is 11.5. The number of nitrogens with one attached hydrogen (secondary N) is 1. The molecule has 1 fully saturated rings. The Bertz CT molecular complexity index is 1780. The van der Waals surface area contributed by atoms with E-state index in [0.717, 1.165) is 4.90 Å². The van der Waals surface area contributed by atoms with Crippen molar-refractivity contribution in [1.82, 2.24) is 4.90 Å². The highest BCUT2D eigenvalue weighted by Crippen LogP contribution is 2.69. The molecule has 1 N–H and O–H groups in total. The van der Waals surface area contributed by atoms with Gasteiger partial charge in [0.1, 0.15) is 22.7 Å². The van der Waals surface area contributed by atoms with Crippen LogP contribution in [0.3, 0.4) is 0 Å². The van der Waals surface area contributed by atoms with Crippen molar-refractivity contribution in [2.24, 2.45) is 5.92 Å². The van der Waals surface area contributed by atoms with Crippen molar-refractivity contribution >= 4 is 41.1 Å². The Labute approximate surface area is 270 Å². The number of nitrogens with zero attached hydrogens (tertiary/aromatic N) is 2. The summed E-state index contributed by atoms with van der Waals surface area (Å²) in [6.07, 6.45) is 0. The molecule has 0 saturated carbocycles. The van der Waals surface area contributed by atoms with Gasteiger partial charge in [0.15, 0.2) is 0 Å². The number of carbonyl (C=O) groups is 5. The number of carbonyl (C=O) groups excluding carboxylic acids is 5. The van der Waals surface area contributed by atoms with Crippen molar-refractivity contribution in [3.63, 3.8) is 0 Å². The number of benzene rings is 3. The second-order valence-electron chi connectivity index (χ2n) is 11.5. The summed E-state index contributed by atoms with van der Waals surface area (Å²) in [5, 5.41) is 2.80. The zero-order valence-corrected chi connectivity index (χ0v) is 26.4. The number of hydrogen-bond acceptors (Lipinski definition) is 9. The molecule has 2 amide bonds. The van der Waals surface area contributed by atoms with Crippen molar-refractivity contribution in [2.75, 3.05) is 37.1 Å². The molecule has 2 spiro atoms. The van der Waals surface area contributed by atoms with Gasteiger partial charge in [-0.3, -0.25) is 19.3 Å². The molecule has 3 unspecified atom stereocenters. The first-order valence-electron chi connectivity index (χ1n) is 15.4. The number of likely N-dealkylation sites (tertiary alicyclic amines) is 1. The fraction of sp³-hybridized carbons (Fsp3) is 0.343. The average Bonchev–Trinajstić information content (AvgIpc) is 3.58.